The number of hydrogen-bond acceptors (Lipinski definition) is 3. The number of imidazole rings is 1. The molecule has 0 unspecified atom stereocenters. The summed E-state index contributed by atoms with van der Waals surface area (Å²) in [7, 11) is 3.34. The number of aromatic nitrogens is 2. The van der Waals surface area contributed by atoms with Gasteiger partial charge >= 0.3 is 0 Å². The Hall–Kier alpha value is -1.88. The Bertz CT molecular complexity index is 578. The molecular formula is C14H18FN3O. The van der Waals surface area contributed by atoms with Crippen molar-refractivity contribution in [2.45, 2.75) is 19.4 Å². The van der Waals surface area contributed by atoms with Gasteiger partial charge in [0.2, 0.25) is 0 Å². The van der Waals surface area contributed by atoms with Gasteiger partial charge in [0.05, 0.1) is 36.6 Å². The van der Waals surface area contributed by atoms with Gasteiger partial charge in [-0.25, -0.2) is 9.37 Å². The van der Waals surface area contributed by atoms with Crippen LogP contribution in [0.2, 0.25) is 0 Å². The molecule has 1 heterocycles. The van der Waals surface area contributed by atoms with Crippen LogP contribution in [0.3, 0.4) is 0 Å². The molecule has 5 heteroatoms. The van der Waals surface area contributed by atoms with Crippen LogP contribution in [0.4, 0.5) is 4.39 Å². The first kappa shape index (κ1) is 13.5. The van der Waals surface area contributed by atoms with E-state index in [1.807, 2.05) is 11.6 Å². The van der Waals surface area contributed by atoms with Crippen LogP contribution in [0.5, 0.6) is 5.75 Å². The summed E-state index contributed by atoms with van der Waals surface area (Å²) in [5.41, 5.74) is 1.57. The topological polar surface area (TPSA) is 39.1 Å². The number of halogens is 1. The lowest BCUT2D eigenvalue weighted by Crippen LogP contribution is -2.35. The third-order valence-electron chi connectivity index (χ3n) is 3.32. The molecule has 19 heavy (non-hydrogen) atoms. The number of rotatable bonds is 4. The third-order valence-corrected chi connectivity index (χ3v) is 3.32. The van der Waals surface area contributed by atoms with Gasteiger partial charge in [-0.1, -0.05) is 0 Å². The highest BCUT2D eigenvalue weighted by Gasteiger charge is 2.23. The Labute approximate surface area is 112 Å². The standard InChI is InChI=1S/C14H18FN3O/c1-14(2,16-3)13-8-17-9-18(13)10-5-6-11(15)12(7-10)19-4/h5-9,16H,1-4H3. The fraction of sp³-hybridized carbons (Fsp3) is 0.357. The molecule has 0 aliphatic heterocycles. The van der Waals surface area contributed by atoms with E-state index in [9.17, 15) is 4.39 Å². The molecule has 0 fully saturated rings. The summed E-state index contributed by atoms with van der Waals surface area (Å²) in [5, 5.41) is 3.23. The maximum absolute atomic E-state index is 13.5. The molecule has 102 valence electrons. The molecular weight excluding hydrogens is 245 g/mol. The van der Waals surface area contributed by atoms with Crippen LogP contribution in [0.25, 0.3) is 5.69 Å². The second kappa shape index (κ2) is 5.01. The lowest BCUT2D eigenvalue weighted by Gasteiger charge is -2.25. The summed E-state index contributed by atoms with van der Waals surface area (Å²) in [4.78, 5) is 4.18. The normalized spacial score (nSPS) is 11.6. The van der Waals surface area contributed by atoms with Crippen LogP contribution in [0.1, 0.15) is 19.5 Å². The Morgan fingerprint density at radius 1 is 1.37 bits per heavy atom. The van der Waals surface area contributed by atoms with E-state index in [1.54, 1.807) is 24.7 Å². The maximum Gasteiger partial charge on any atom is 0.165 e. The predicted molar refractivity (Wildman–Crippen MR) is 72.2 cm³/mol. The Morgan fingerprint density at radius 2 is 2.11 bits per heavy atom. The zero-order chi connectivity index (χ0) is 14.0. The molecule has 0 aliphatic rings. The largest absolute Gasteiger partial charge is 0.494 e. The van der Waals surface area contributed by atoms with Crippen LogP contribution in [-0.4, -0.2) is 23.7 Å². The second-order valence-electron chi connectivity index (χ2n) is 4.84. The Morgan fingerprint density at radius 3 is 2.74 bits per heavy atom. The number of benzene rings is 1. The second-order valence-corrected chi connectivity index (χ2v) is 4.84. The van der Waals surface area contributed by atoms with E-state index in [0.29, 0.717) is 0 Å². The smallest absolute Gasteiger partial charge is 0.165 e. The average Bonchev–Trinajstić information content (AvgIpc) is 2.89. The molecule has 0 amide bonds. The number of methoxy groups -OCH3 is 1. The van der Waals surface area contributed by atoms with Gasteiger partial charge in [0, 0.05) is 6.07 Å². The summed E-state index contributed by atoms with van der Waals surface area (Å²) in [6, 6.07) is 4.76. The molecule has 0 spiro atoms. The quantitative estimate of drug-likeness (QED) is 0.921. The molecule has 2 aromatic rings. The number of hydrogen-bond donors (Lipinski definition) is 1. The highest BCUT2D eigenvalue weighted by atomic mass is 19.1. The molecule has 1 aromatic heterocycles. The van der Waals surface area contributed by atoms with Crippen molar-refractivity contribution < 1.29 is 9.13 Å². The van der Waals surface area contributed by atoms with Gasteiger partial charge in [0.25, 0.3) is 0 Å². The van der Waals surface area contributed by atoms with Crippen LogP contribution < -0.4 is 10.1 Å². The summed E-state index contributed by atoms with van der Waals surface area (Å²) < 4.78 is 20.4. The minimum absolute atomic E-state index is 0.222. The van der Waals surface area contributed by atoms with Gasteiger partial charge in [-0.3, -0.25) is 0 Å². The monoisotopic (exact) mass is 263 g/mol. The van der Waals surface area contributed by atoms with Gasteiger partial charge in [-0.15, -0.1) is 0 Å². The van der Waals surface area contributed by atoms with E-state index in [4.69, 9.17) is 4.74 Å². The fourth-order valence-corrected chi connectivity index (χ4v) is 1.89. The highest BCUT2D eigenvalue weighted by Crippen LogP contribution is 2.26. The fourth-order valence-electron chi connectivity index (χ4n) is 1.89. The van der Waals surface area contributed by atoms with Crippen molar-refractivity contribution in [3.05, 3.63) is 42.2 Å². The van der Waals surface area contributed by atoms with Crippen molar-refractivity contribution in [1.29, 1.82) is 0 Å². The van der Waals surface area contributed by atoms with E-state index in [-0.39, 0.29) is 17.1 Å². The van der Waals surface area contributed by atoms with Crippen molar-refractivity contribution in [3.63, 3.8) is 0 Å². The van der Waals surface area contributed by atoms with Gasteiger partial charge in [0.15, 0.2) is 11.6 Å². The van der Waals surface area contributed by atoms with Gasteiger partial charge in [-0.2, -0.15) is 0 Å². The van der Waals surface area contributed by atoms with Gasteiger partial charge < -0.3 is 14.6 Å². The minimum Gasteiger partial charge on any atom is -0.494 e. The van der Waals surface area contributed by atoms with Crippen molar-refractivity contribution in [2.24, 2.45) is 0 Å². The number of nitrogens with zero attached hydrogens (tertiary/aromatic N) is 2. The van der Waals surface area contributed by atoms with Crippen molar-refractivity contribution >= 4 is 0 Å². The highest BCUT2D eigenvalue weighted by molar-refractivity contribution is 5.42. The van der Waals surface area contributed by atoms with Crippen LogP contribution in [-0.2, 0) is 5.54 Å². The molecule has 0 aliphatic carbocycles. The third kappa shape index (κ3) is 2.46. The van der Waals surface area contributed by atoms with Crippen LogP contribution >= 0.6 is 0 Å². The lowest BCUT2D eigenvalue weighted by molar-refractivity contribution is 0.386. The van der Waals surface area contributed by atoms with E-state index in [2.05, 4.69) is 24.1 Å². The van der Waals surface area contributed by atoms with Gasteiger partial charge in [-0.05, 0) is 33.0 Å². The summed E-state index contributed by atoms with van der Waals surface area (Å²) in [6.45, 7) is 4.11. The summed E-state index contributed by atoms with van der Waals surface area (Å²) in [5.74, 6) is -0.153. The Balaban J connectivity index is 2.52. The maximum atomic E-state index is 13.5. The summed E-state index contributed by atoms with van der Waals surface area (Å²) >= 11 is 0. The van der Waals surface area contributed by atoms with E-state index >= 15 is 0 Å². The van der Waals surface area contributed by atoms with Crippen LogP contribution in [0, 0.1) is 5.82 Å². The van der Waals surface area contributed by atoms with Crippen molar-refractivity contribution in [3.8, 4) is 11.4 Å². The molecule has 0 radical (unpaired) electrons. The van der Waals surface area contributed by atoms with E-state index in [1.165, 1.54) is 13.2 Å². The van der Waals surface area contributed by atoms with Gasteiger partial charge in [0.1, 0.15) is 0 Å². The first-order valence-corrected chi connectivity index (χ1v) is 6.05. The SMILES string of the molecule is CNC(C)(C)c1cncn1-c1ccc(F)c(OC)c1. The molecule has 0 saturated heterocycles. The van der Waals surface area contributed by atoms with Crippen LogP contribution in [0.15, 0.2) is 30.7 Å². The van der Waals surface area contributed by atoms with E-state index in [0.717, 1.165) is 11.4 Å². The Kier molecular flexibility index (Phi) is 3.57. The molecule has 0 bridgehead atoms. The molecule has 1 aromatic carbocycles. The predicted octanol–water partition coefficient (Wildman–Crippen LogP) is 2.47. The molecule has 0 saturated carbocycles. The molecule has 2 rings (SSSR count). The zero-order valence-electron chi connectivity index (χ0n) is 11.6. The molecule has 0 atom stereocenters. The molecule has 1 N–H and O–H groups in total. The average molecular weight is 263 g/mol. The minimum atomic E-state index is -0.374. The summed E-state index contributed by atoms with van der Waals surface area (Å²) in [6.07, 6.45) is 3.51. The first-order valence-electron chi connectivity index (χ1n) is 6.05. The lowest BCUT2D eigenvalue weighted by atomic mass is 10.0. The van der Waals surface area contributed by atoms with E-state index < -0.39 is 0 Å². The first-order chi connectivity index (χ1) is 8.99. The number of ether oxygens (including phenoxy) is 1. The zero-order valence-corrected chi connectivity index (χ0v) is 11.6. The van der Waals surface area contributed by atoms with Crippen molar-refractivity contribution in [2.75, 3.05) is 14.2 Å². The molecule has 4 nitrogen and oxygen atoms in total. The van der Waals surface area contributed by atoms with Crippen molar-refractivity contribution in [1.82, 2.24) is 14.9 Å². The number of nitrogens with one attached hydrogen (secondary N) is 1.